The van der Waals surface area contributed by atoms with E-state index in [0.717, 1.165) is 6.07 Å². The van der Waals surface area contributed by atoms with E-state index in [1.807, 2.05) is 0 Å². The summed E-state index contributed by atoms with van der Waals surface area (Å²) in [6, 6.07) is 4.67. The summed E-state index contributed by atoms with van der Waals surface area (Å²) in [5, 5.41) is 9.74. The van der Waals surface area contributed by atoms with E-state index in [1.165, 1.54) is 6.07 Å². The van der Waals surface area contributed by atoms with Crippen molar-refractivity contribution >= 4 is 37.8 Å². The fraction of sp³-hybridized carbons (Fsp3) is 0.667. The Morgan fingerprint density at radius 1 is 1.52 bits per heavy atom. The molecule has 0 saturated carbocycles. The average Bonchev–Trinajstić information content (AvgIpc) is 2.65. The highest BCUT2D eigenvalue weighted by Crippen LogP contribution is 2.59. The highest BCUT2D eigenvalue weighted by molar-refractivity contribution is 9.10. The van der Waals surface area contributed by atoms with Crippen LogP contribution in [0.4, 0.5) is 8.78 Å². The number of aromatic nitrogens is 1. The minimum Gasteiger partial charge on any atom is -0.598 e. The zero-order chi connectivity index (χ0) is 22.1. The summed E-state index contributed by atoms with van der Waals surface area (Å²) in [5.74, 6) is -1.15. The Kier molecular flexibility index (Phi) is 7.64. The minimum atomic E-state index is -2.94. The van der Waals surface area contributed by atoms with E-state index in [1.54, 1.807) is 27.7 Å². The monoisotopic (exact) mass is 512 g/mol. The number of hydrogen-bond acceptors (Lipinski definition) is 6. The van der Waals surface area contributed by atoms with Gasteiger partial charge in [-0.3, -0.25) is 4.72 Å². The van der Waals surface area contributed by atoms with Crippen molar-refractivity contribution in [1.29, 1.82) is 5.26 Å². The molecule has 3 N–H and O–H groups in total. The maximum absolute atomic E-state index is 14.8. The number of hydrogen-bond donors (Lipinski definition) is 3. The second-order valence-corrected chi connectivity index (χ2v) is 14.0. The molecule has 1 fully saturated rings. The van der Waals surface area contributed by atoms with Crippen LogP contribution in [0.15, 0.2) is 16.7 Å². The predicted octanol–water partition coefficient (Wildman–Crippen LogP) is 4.06. The van der Waals surface area contributed by atoms with E-state index < -0.39 is 49.4 Å². The standard InChI is InChI=1S/C18H27BrF2N4O2S2/c1-16(2,3)28(26)25-18(10-20,15-13(21)6-7-14(19)24-15)12-29(27)17(4,11-22)8-5-9-23-29/h6-7,23,25,27H,5,8-10,12H2,1-4H3/t17-,18+,28-/m1/s1. The first-order valence-electron chi connectivity index (χ1n) is 9.10. The van der Waals surface area contributed by atoms with Gasteiger partial charge in [0.2, 0.25) is 0 Å². The van der Waals surface area contributed by atoms with Crippen LogP contribution in [-0.4, -0.2) is 42.6 Å². The summed E-state index contributed by atoms with van der Waals surface area (Å²) in [4.78, 5) is 4.12. The minimum absolute atomic E-state index is 0.275. The smallest absolute Gasteiger partial charge is 0.147 e. The van der Waals surface area contributed by atoms with Crippen LogP contribution < -0.4 is 9.44 Å². The molecule has 2 heterocycles. The van der Waals surface area contributed by atoms with Gasteiger partial charge in [-0.15, -0.1) is 4.72 Å². The first kappa shape index (κ1) is 24.8. The Morgan fingerprint density at radius 2 is 2.17 bits per heavy atom. The first-order chi connectivity index (χ1) is 13.3. The van der Waals surface area contributed by atoms with Gasteiger partial charge in [-0.05, 0) is 68.6 Å². The van der Waals surface area contributed by atoms with Gasteiger partial charge in [0.25, 0.3) is 0 Å². The summed E-state index contributed by atoms with van der Waals surface area (Å²) in [6.07, 6.45) is 1.09. The molecule has 0 unspecified atom stereocenters. The molecule has 1 aliphatic rings. The van der Waals surface area contributed by atoms with E-state index in [2.05, 4.69) is 36.4 Å². The third-order valence-corrected chi connectivity index (χ3v) is 10.5. The van der Waals surface area contributed by atoms with Crippen molar-refractivity contribution in [2.45, 2.75) is 55.6 Å². The maximum Gasteiger partial charge on any atom is 0.147 e. The molecule has 1 saturated heterocycles. The Morgan fingerprint density at radius 3 is 2.72 bits per heavy atom. The summed E-state index contributed by atoms with van der Waals surface area (Å²) >= 11 is 1.38. The normalized spacial score (nSPS) is 28.4. The molecule has 0 spiro atoms. The van der Waals surface area contributed by atoms with Gasteiger partial charge in [0.05, 0.1) is 6.07 Å². The summed E-state index contributed by atoms with van der Waals surface area (Å²) < 4.78 is 57.9. The fourth-order valence-corrected chi connectivity index (χ4v) is 7.19. The van der Waals surface area contributed by atoms with Gasteiger partial charge in [0, 0.05) is 23.7 Å². The molecule has 1 aliphatic heterocycles. The van der Waals surface area contributed by atoms with E-state index in [-0.39, 0.29) is 16.0 Å². The average molecular weight is 513 g/mol. The van der Waals surface area contributed by atoms with Gasteiger partial charge in [-0.2, -0.15) is 5.26 Å². The first-order valence-corrected chi connectivity index (χ1v) is 12.8. The molecule has 0 amide bonds. The molecule has 4 atom stereocenters. The lowest BCUT2D eigenvalue weighted by molar-refractivity contribution is 0.288. The Labute approximate surface area is 184 Å². The lowest BCUT2D eigenvalue weighted by atomic mass is 9.99. The van der Waals surface area contributed by atoms with E-state index >= 15 is 0 Å². The molecule has 0 aromatic carbocycles. The van der Waals surface area contributed by atoms with Crippen molar-refractivity contribution in [3.63, 3.8) is 0 Å². The van der Waals surface area contributed by atoms with Crippen molar-refractivity contribution in [2.75, 3.05) is 19.0 Å². The lowest BCUT2D eigenvalue weighted by Crippen LogP contribution is -2.59. The molecular weight excluding hydrogens is 486 g/mol. The molecular formula is C18H27BrF2N4O2S2. The molecule has 29 heavy (non-hydrogen) atoms. The van der Waals surface area contributed by atoms with Gasteiger partial charge < -0.3 is 9.11 Å². The van der Waals surface area contributed by atoms with Crippen LogP contribution in [0.3, 0.4) is 0 Å². The number of alkyl halides is 1. The second kappa shape index (κ2) is 8.94. The number of nitrogens with zero attached hydrogens (tertiary/aromatic N) is 2. The van der Waals surface area contributed by atoms with Gasteiger partial charge in [-0.25, -0.2) is 13.8 Å². The van der Waals surface area contributed by atoms with Crippen LogP contribution in [0.5, 0.6) is 0 Å². The molecule has 0 aliphatic carbocycles. The van der Waals surface area contributed by atoms with Gasteiger partial charge in [0.15, 0.2) is 0 Å². The molecule has 164 valence electrons. The number of nitrogens with one attached hydrogen (secondary N) is 2. The van der Waals surface area contributed by atoms with E-state index in [0.29, 0.717) is 19.4 Å². The largest absolute Gasteiger partial charge is 0.598 e. The summed E-state index contributed by atoms with van der Waals surface area (Å²) in [7, 11) is -2.94. The van der Waals surface area contributed by atoms with Crippen LogP contribution in [0.1, 0.15) is 46.2 Å². The Balaban J connectivity index is 2.63. The third kappa shape index (κ3) is 5.06. The summed E-state index contributed by atoms with van der Waals surface area (Å²) in [6.45, 7) is 5.98. The van der Waals surface area contributed by atoms with Crippen LogP contribution >= 0.6 is 26.4 Å². The molecule has 2 rings (SSSR count). The van der Waals surface area contributed by atoms with Crippen molar-refractivity contribution in [3.05, 3.63) is 28.2 Å². The van der Waals surface area contributed by atoms with Crippen molar-refractivity contribution in [2.24, 2.45) is 0 Å². The number of halogens is 3. The van der Waals surface area contributed by atoms with Gasteiger partial charge in [0.1, 0.15) is 37.8 Å². The number of nitriles is 1. The Hall–Kier alpha value is -0.480. The summed E-state index contributed by atoms with van der Waals surface area (Å²) in [5.41, 5.74) is -2.18. The zero-order valence-electron chi connectivity index (χ0n) is 16.9. The van der Waals surface area contributed by atoms with Gasteiger partial charge >= 0.3 is 0 Å². The highest BCUT2D eigenvalue weighted by Gasteiger charge is 2.54. The van der Waals surface area contributed by atoms with Crippen molar-refractivity contribution < 1.29 is 17.9 Å². The number of rotatable bonds is 6. The molecule has 6 nitrogen and oxygen atoms in total. The second-order valence-electron chi connectivity index (χ2n) is 8.35. The topological polar surface area (TPSA) is 104 Å². The number of pyridine rings is 1. The maximum atomic E-state index is 14.8. The van der Waals surface area contributed by atoms with Crippen LogP contribution in [-0.2, 0) is 16.9 Å². The highest BCUT2D eigenvalue weighted by atomic mass is 79.9. The zero-order valence-corrected chi connectivity index (χ0v) is 20.1. The van der Waals surface area contributed by atoms with Crippen molar-refractivity contribution in [3.8, 4) is 6.07 Å². The lowest BCUT2D eigenvalue weighted by Gasteiger charge is -2.52. The molecule has 1 aromatic heterocycles. The predicted molar refractivity (Wildman–Crippen MR) is 117 cm³/mol. The van der Waals surface area contributed by atoms with Crippen LogP contribution in [0, 0.1) is 17.1 Å². The van der Waals surface area contributed by atoms with Gasteiger partial charge in [-0.1, -0.05) is 10.5 Å². The molecule has 0 radical (unpaired) electrons. The van der Waals surface area contributed by atoms with Crippen LogP contribution in [0.2, 0.25) is 0 Å². The van der Waals surface area contributed by atoms with Crippen LogP contribution in [0.25, 0.3) is 0 Å². The Bertz CT molecular complexity index is 794. The third-order valence-electron chi connectivity index (χ3n) is 4.95. The van der Waals surface area contributed by atoms with E-state index in [4.69, 9.17) is 0 Å². The molecule has 1 aromatic rings. The van der Waals surface area contributed by atoms with E-state index in [9.17, 15) is 23.1 Å². The fourth-order valence-electron chi connectivity index (χ4n) is 3.05. The molecule has 11 heteroatoms. The SMILES string of the molecule is CC(C)(C)[S@@+]([O-])N[C@@](CF)(C[S@]1(O)NCCC[C@]1(C)C#N)c1nc(Br)ccc1F. The molecule has 0 bridgehead atoms. The quantitative estimate of drug-likeness (QED) is 0.392. The van der Waals surface area contributed by atoms with Crippen molar-refractivity contribution in [1.82, 2.24) is 14.4 Å².